The Morgan fingerprint density at radius 2 is 2.07 bits per heavy atom. The molecule has 2 aromatic rings. The van der Waals surface area contributed by atoms with E-state index in [1.165, 1.54) is 15.6 Å². The molecule has 2 amide bonds. The Morgan fingerprint density at radius 3 is 2.78 bits per heavy atom. The van der Waals surface area contributed by atoms with E-state index in [2.05, 4.69) is 5.32 Å². The summed E-state index contributed by atoms with van der Waals surface area (Å²) in [6.07, 6.45) is 3.70. The van der Waals surface area contributed by atoms with Crippen LogP contribution in [-0.2, 0) is 27.7 Å². The fraction of sp³-hybridized carbons (Fsp3) is 0.412. The van der Waals surface area contributed by atoms with E-state index < -0.39 is 27.9 Å². The van der Waals surface area contributed by atoms with Crippen molar-refractivity contribution in [3.8, 4) is 0 Å². The average Bonchev–Trinajstić information content (AvgIpc) is 3.36. The van der Waals surface area contributed by atoms with Gasteiger partial charge in [-0.1, -0.05) is 6.07 Å². The van der Waals surface area contributed by atoms with Crippen molar-refractivity contribution in [2.24, 2.45) is 5.73 Å². The van der Waals surface area contributed by atoms with E-state index in [1.807, 2.05) is 0 Å². The minimum absolute atomic E-state index is 0.232. The number of hydrogen-bond acceptors (Lipinski definition) is 6. The lowest BCUT2D eigenvalue weighted by atomic mass is 10.1. The molecule has 1 atom stereocenters. The summed E-state index contributed by atoms with van der Waals surface area (Å²) in [6.45, 7) is 0.307. The lowest BCUT2D eigenvalue weighted by molar-refractivity contribution is -0.119. The number of hydrogen-bond donors (Lipinski definition) is 2. The van der Waals surface area contributed by atoms with Crippen molar-refractivity contribution in [1.29, 1.82) is 0 Å². The van der Waals surface area contributed by atoms with Crippen molar-refractivity contribution in [2.45, 2.75) is 42.4 Å². The molecule has 1 fully saturated rings. The van der Waals surface area contributed by atoms with Crippen LogP contribution in [0.5, 0.6) is 0 Å². The second-order valence-electron chi connectivity index (χ2n) is 6.62. The molecular formula is C17H19N3O4S3. The summed E-state index contributed by atoms with van der Waals surface area (Å²) in [6, 6.07) is 2.44. The fourth-order valence-corrected chi connectivity index (χ4v) is 7.84. The first kappa shape index (κ1) is 18.6. The lowest BCUT2D eigenvalue weighted by Crippen LogP contribution is -2.43. The highest BCUT2D eigenvalue weighted by Gasteiger charge is 2.40. The molecule has 0 bridgehead atoms. The molecule has 3 heterocycles. The van der Waals surface area contributed by atoms with Crippen LogP contribution in [0.2, 0.25) is 0 Å². The highest BCUT2D eigenvalue weighted by molar-refractivity contribution is 7.91. The third kappa shape index (κ3) is 3.20. The molecule has 0 aromatic carbocycles. The first-order valence-electron chi connectivity index (χ1n) is 8.70. The summed E-state index contributed by atoms with van der Waals surface area (Å²) < 4.78 is 27.2. The Balaban J connectivity index is 1.59. The Labute approximate surface area is 165 Å². The monoisotopic (exact) mass is 425 g/mol. The van der Waals surface area contributed by atoms with Gasteiger partial charge >= 0.3 is 0 Å². The Morgan fingerprint density at radius 1 is 1.26 bits per heavy atom. The lowest BCUT2D eigenvalue weighted by Gasteiger charge is -2.22. The largest absolute Gasteiger partial charge is 0.365 e. The maximum absolute atomic E-state index is 12.9. The molecule has 1 saturated heterocycles. The zero-order chi connectivity index (χ0) is 19.2. The minimum atomic E-state index is -3.70. The number of fused-ring (bicyclic) bond motifs is 1. The number of nitrogens with two attached hydrogens (primary N) is 1. The molecular weight excluding hydrogens is 406 g/mol. The second kappa shape index (κ2) is 7.01. The first-order chi connectivity index (χ1) is 12.9. The van der Waals surface area contributed by atoms with Gasteiger partial charge in [0, 0.05) is 11.4 Å². The molecule has 0 radical (unpaired) electrons. The molecule has 0 saturated carbocycles. The van der Waals surface area contributed by atoms with Crippen molar-refractivity contribution < 1.29 is 18.0 Å². The molecule has 10 heteroatoms. The van der Waals surface area contributed by atoms with Crippen molar-refractivity contribution in [1.82, 2.24) is 4.31 Å². The maximum Gasteiger partial charge on any atom is 0.253 e. The van der Waals surface area contributed by atoms with Gasteiger partial charge < -0.3 is 11.1 Å². The zero-order valence-electron chi connectivity index (χ0n) is 14.4. The fourth-order valence-electron chi connectivity index (χ4n) is 3.76. The van der Waals surface area contributed by atoms with Crippen LogP contribution in [-0.4, -0.2) is 37.1 Å². The summed E-state index contributed by atoms with van der Waals surface area (Å²) in [5.41, 5.74) is 6.84. The predicted octanol–water partition coefficient (Wildman–Crippen LogP) is 2.19. The first-order valence-corrected chi connectivity index (χ1v) is 11.8. The number of nitrogens with one attached hydrogen (secondary N) is 1. The van der Waals surface area contributed by atoms with Gasteiger partial charge in [-0.25, -0.2) is 8.42 Å². The van der Waals surface area contributed by atoms with Crippen LogP contribution in [0, 0.1) is 0 Å². The Bertz CT molecular complexity index is 995. The van der Waals surface area contributed by atoms with Crippen LogP contribution in [0.4, 0.5) is 5.00 Å². The average molecular weight is 426 g/mol. The molecule has 3 N–H and O–H groups in total. The van der Waals surface area contributed by atoms with E-state index >= 15 is 0 Å². The summed E-state index contributed by atoms with van der Waals surface area (Å²) in [7, 11) is -3.70. The van der Waals surface area contributed by atoms with Gasteiger partial charge in [0.1, 0.15) is 15.3 Å². The number of nitrogens with zero attached hydrogens (tertiary/aromatic N) is 1. The summed E-state index contributed by atoms with van der Waals surface area (Å²) >= 11 is 2.51. The molecule has 1 aliphatic carbocycles. The molecule has 2 aliphatic rings. The predicted molar refractivity (Wildman–Crippen MR) is 105 cm³/mol. The third-order valence-electron chi connectivity index (χ3n) is 4.97. The van der Waals surface area contributed by atoms with E-state index in [4.69, 9.17) is 5.73 Å². The smallest absolute Gasteiger partial charge is 0.253 e. The molecule has 0 spiro atoms. The number of carbonyl (C=O) groups is 2. The molecule has 4 rings (SSSR count). The maximum atomic E-state index is 12.9. The molecule has 7 nitrogen and oxygen atoms in total. The highest BCUT2D eigenvalue weighted by Crippen LogP contribution is 2.39. The van der Waals surface area contributed by atoms with E-state index in [1.54, 1.807) is 17.5 Å². The number of amides is 2. The summed E-state index contributed by atoms with van der Waals surface area (Å²) in [4.78, 5) is 25.9. The van der Waals surface area contributed by atoms with Crippen LogP contribution in [0.25, 0.3) is 0 Å². The van der Waals surface area contributed by atoms with Crippen LogP contribution < -0.4 is 11.1 Å². The van der Waals surface area contributed by atoms with Gasteiger partial charge in [-0.05, 0) is 49.1 Å². The van der Waals surface area contributed by atoms with Gasteiger partial charge in [0.15, 0.2) is 0 Å². The van der Waals surface area contributed by atoms with Gasteiger partial charge in [-0.15, -0.1) is 22.7 Å². The van der Waals surface area contributed by atoms with Crippen LogP contribution in [0.1, 0.15) is 40.1 Å². The van der Waals surface area contributed by atoms with Gasteiger partial charge in [0.2, 0.25) is 5.91 Å². The van der Waals surface area contributed by atoms with Crippen molar-refractivity contribution in [3.63, 3.8) is 0 Å². The molecule has 2 aromatic heterocycles. The SMILES string of the molecule is NC(=O)c1c(NC(=O)[C@H]2CCCN2S(=O)(=O)c2cccs2)sc2c1CCC2. The standard InChI is InChI=1S/C17H19N3O4S3/c18-15(21)14-10-4-1-6-12(10)26-17(14)19-16(22)11-5-2-8-20(11)27(23,24)13-7-3-9-25-13/h3,7,9,11H,1-2,4-6,8H2,(H2,18,21)(H,19,22)/t11-/m1/s1. The topological polar surface area (TPSA) is 110 Å². The van der Waals surface area contributed by atoms with E-state index in [-0.39, 0.29) is 4.21 Å². The Kier molecular flexibility index (Phi) is 4.83. The normalized spacial score (nSPS) is 19.9. The van der Waals surface area contributed by atoms with Gasteiger partial charge in [0.25, 0.3) is 15.9 Å². The number of primary amides is 1. The number of sulfonamides is 1. The minimum Gasteiger partial charge on any atom is -0.365 e. The van der Waals surface area contributed by atoms with Crippen LogP contribution >= 0.6 is 22.7 Å². The number of carbonyl (C=O) groups excluding carboxylic acids is 2. The number of rotatable bonds is 5. The zero-order valence-corrected chi connectivity index (χ0v) is 16.9. The summed E-state index contributed by atoms with van der Waals surface area (Å²) in [5.74, 6) is -0.964. The number of anilines is 1. The Hall–Kier alpha value is -1.75. The van der Waals surface area contributed by atoms with Crippen LogP contribution in [0.3, 0.4) is 0 Å². The van der Waals surface area contributed by atoms with E-state index in [0.29, 0.717) is 30.0 Å². The van der Waals surface area contributed by atoms with Gasteiger partial charge in [-0.3, -0.25) is 9.59 Å². The van der Waals surface area contributed by atoms with Crippen molar-refractivity contribution in [2.75, 3.05) is 11.9 Å². The molecule has 0 unspecified atom stereocenters. The van der Waals surface area contributed by atoms with E-state index in [0.717, 1.165) is 41.0 Å². The van der Waals surface area contributed by atoms with Crippen molar-refractivity contribution in [3.05, 3.63) is 33.5 Å². The second-order valence-corrected chi connectivity index (χ2v) is 10.8. The molecule has 27 heavy (non-hydrogen) atoms. The molecule has 144 valence electrons. The molecule has 1 aliphatic heterocycles. The van der Waals surface area contributed by atoms with Gasteiger partial charge in [0.05, 0.1) is 5.56 Å². The van der Waals surface area contributed by atoms with Gasteiger partial charge in [-0.2, -0.15) is 4.31 Å². The summed E-state index contributed by atoms with van der Waals surface area (Å²) in [5, 5.41) is 4.93. The number of aryl methyl sites for hydroxylation is 1. The van der Waals surface area contributed by atoms with Crippen molar-refractivity contribution >= 4 is 49.5 Å². The quantitative estimate of drug-likeness (QED) is 0.765. The highest BCUT2D eigenvalue weighted by atomic mass is 32.2. The number of thiophene rings is 2. The van der Waals surface area contributed by atoms with Crippen LogP contribution in [0.15, 0.2) is 21.7 Å². The third-order valence-corrected chi connectivity index (χ3v) is 9.46. The van der Waals surface area contributed by atoms with E-state index in [9.17, 15) is 18.0 Å².